The van der Waals surface area contributed by atoms with Crippen molar-refractivity contribution >= 4 is 60.8 Å². The number of alkyl halides is 3. The molecule has 8 rings (SSSR count). The van der Waals surface area contributed by atoms with E-state index in [0.29, 0.717) is 26.0 Å². The van der Waals surface area contributed by atoms with Gasteiger partial charge in [-0.2, -0.15) is 15.2 Å². The molecule has 3 fully saturated rings. The van der Waals surface area contributed by atoms with E-state index in [9.17, 15) is 23.2 Å². The van der Waals surface area contributed by atoms with Crippen molar-refractivity contribution in [3.63, 3.8) is 0 Å². The summed E-state index contributed by atoms with van der Waals surface area (Å²) in [6.07, 6.45) is -2.42. The number of hydrogen-bond acceptors (Lipinski definition) is 12. The fourth-order valence-corrected chi connectivity index (χ4v) is 10.4. The molecule has 1 N–H and O–H groups in total. The van der Waals surface area contributed by atoms with Crippen LogP contribution in [-0.4, -0.2) is 103 Å². The summed E-state index contributed by atoms with van der Waals surface area (Å²) >= 11 is 7.94. The molecule has 0 aliphatic carbocycles. The van der Waals surface area contributed by atoms with E-state index in [2.05, 4.69) is 10.3 Å². The van der Waals surface area contributed by atoms with Gasteiger partial charge in [0.05, 0.1) is 38.4 Å². The van der Waals surface area contributed by atoms with Gasteiger partial charge < -0.3 is 28.6 Å². The van der Waals surface area contributed by atoms with Gasteiger partial charge in [0.1, 0.15) is 53.2 Å². The number of carbonyl (C=O) groups excluding carboxylic acids is 1. The van der Waals surface area contributed by atoms with Crippen molar-refractivity contribution in [2.75, 3.05) is 49.7 Å². The largest absolute Gasteiger partial charge is 0.489 e. The van der Waals surface area contributed by atoms with Crippen molar-refractivity contribution < 1.29 is 50.4 Å². The lowest BCUT2D eigenvalue weighted by atomic mass is 9.95. The summed E-state index contributed by atoms with van der Waals surface area (Å²) in [5, 5.41) is 12.6. The first kappa shape index (κ1) is 43.4. The number of ether oxygens (including phenoxy) is 5. The first-order chi connectivity index (χ1) is 29.1. The highest BCUT2D eigenvalue weighted by atomic mass is 35.5. The number of fused-ring (bicyclic) bond motifs is 2. The number of benzene rings is 2. The van der Waals surface area contributed by atoms with Crippen LogP contribution in [0.1, 0.15) is 78.2 Å². The Kier molecular flexibility index (Phi) is 12.2. The molecule has 328 valence electrons. The predicted molar refractivity (Wildman–Crippen MR) is 220 cm³/mol. The molecule has 3 saturated heterocycles. The van der Waals surface area contributed by atoms with Crippen LogP contribution in [0.15, 0.2) is 12.1 Å². The van der Waals surface area contributed by atoms with E-state index in [1.165, 1.54) is 6.07 Å². The summed E-state index contributed by atoms with van der Waals surface area (Å²) in [5.74, 6) is -1.86. The number of rotatable bonds is 11. The molecule has 2 aromatic heterocycles. The smallest absolute Gasteiger partial charge is 0.412 e. The van der Waals surface area contributed by atoms with Gasteiger partial charge in [0.15, 0.2) is 17.9 Å². The van der Waals surface area contributed by atoms with E-state index >= 15 is 8.78 Å². The summed E-state index contributed by atoms with van der Waals surface area (Å²) in [4.78, 5) is 25.7. The fraction of sp³-hybridized carbons (Fsp3) is 0.571. The Morgan fingerprint density at radius 3 is 2.72 bits per heavy atom. The number of nitrogens with zero attached hydrogens (tertiary/aromatic N) is 5. The molecule has 0 bridgehead atoms. The number of carbonyl (C=O) groups is 1. The van der Waals surface area contributed by atoms with Gasteiger partial charge in [-0.25, -0.2) is 26.7 Å². The number of amides is 1. The van der Waals surface area contributed by atoms with Crippen LogP contribution in [0.5, 0.6) is 11.8 Å². The van der Waals surface area contributed by atoms with Crippen LogP contribution >= 0.6 is 22.9 Å². The lowest BCUT2D eigenvalue weighted by molar-refractivity contribution is -0.189. The average Bonchev–Trinajstić information content (AvgIpc) is 3.82. The fourth-order valence-electron chi connectivity index (χ4n) is 8.96. The summed E-state index contributed by atoms with van der Waals surface area (Å²) < 4.78 is 107. The van der Waals surface area contributed by atoms with Crippen molar-refractivity contribution in [1.82, 2.24) is 14.9 Å². The molecule has 4 aromatic rings. The topological polar surface area (TPSA) is 131 Å². The Hall–Kier alpha value is -4.28. The van der Waals surface area contributed by atoms with Gasteiger partial charge in [0.2, 0.25) is 6.43 Å². The summed E-state index contributed by atoms with van der Waals surface area (Å²) in [6.45, 7) is 7.70. The molecule has 0 saturated carbocycles. The third kappa shape index (κ3) is 8.48. The highest BCUT2D eigenvalue weighted by molar-refractivity contribution is 7.23. The van der Waals surface area contributed by atoms with Crippen LogP contribution in [0.2, 0.25) is 5.02 Å². The predicted octanol–water partition coefficient (Wildman–Crippen LogP) is 9.77. The summed E-state index contributed by atoms with van der Waals surface area (Å²) in [5.41, 5.74) is -2.38. The maximum absolute atomic E-state index is 17.7. The molecule has 6 heterocycles. The number of nitrogens with one attached hydrogen (secondary N) is 1. The molecule has 12 nitrogen and oxygen atoms in total. The Balaban J connectivity index is 1.31. The first-order valence-electron chi connectivity index (χ1n) is 20.4. The van der Waals surface area contributed by atoms with Crippen LogP contribution in [0.4, 0.5) is 37.6 Å². The van der Waals surface area contributed by atoms with Gasteiger partial charge in [0, 0.05) is 43.5 Å². The monoisotopic (exact) mass is 892 g/mol. The second-order valence-corrected chi connectivity index (χ2v) is 18.4. The second kappa shape index (κ2) is 17.1. The summed E-state index contributed by atoms with van der Waals surface area (Å²) in [6, 6.07) is 3.29. The number of anilines is 2. The minimum atomic E-state index is -2.71. The molecule has 61 heavy (non-hydrogen) atoms. The maximum atomic E-state index is 17.7. The molecule has 5 atom stereocenters. The van der Waals surface area contributed by atoms with Crippen LogP contribution in [-0.2, 0) is 14.2 Å². The van der Waals surface area contributed by atoms with Gasteiger partial charge in [-0.3, -0.25) is 10.2 Å². The lowest BCUT2D eigenvalue weighted by Crippen LogP contribution is -2.49. The average molecular weight is 893 g/mol. The van der Waals surface area contributed by atoms with E-state index < -0.39 is 66.3 Å². The van der Waals surface area contributed by atoms with Gasteiger partial charge in [-0.15, -0.1) is 11.3 Å². The van der Waals surface area contributed by atoms with E-state index in [1.54, 1.807) is 32.6 Å². The molecule has 4 aliphatic rings. The highest BCUT2D eigenvalue weighted by Gasteiger charge is 2.49. The third-order valence-corrected chi connectivity index (χ3v) is 13.1. The number of halogens is 6. The molecule has 19 heteroatoms. The molecule has 0 radical (unpaired) electrons. The van der Waals surface area contributed by atoms with E-state index in [1.807, 2.05) is 11.0 Å². The van der Waals surface area contributed by atoms with Crippen molar-refractivity contribution in [2.45, 2.75) is 115 Å². The normalized spacial score (nSPS) is 23.5. The molecular formula is C42H46ClF5N6O6S. The zero-order valence-electron chi connectivity index (χ0n) is 34.1. The lowest BCUT2D eigenvalue weighted by Gasteiger charge is -2.37. The van der Waals surface area contributed by atoms with E-state index in [4.69, 9.17) is 40.3 Å². The van der Waals surface area contributed by atoms with E-state index in [0.717, 1.165) is 36.7 Å². The Morgan fingerprint density at radius 2 is 2.00 bits per heavy atom. The zero-order chi connectivity index (χ0) is 43.4. The van der Waals surface area contributed by atoms with Crippen LogP contribution < -0.4 is 19.7 Å². The van der Waals surface area contributed by atoms with Gasteiger partial charge in [-0.1, -0.05) is 17.7 Å². The molecule has 0 spiro atoms. The minimum Gasteiger partial charge on any atom is -0.489 e. The minimum absolute atomic E-state index is 0.00225. The maximum Gasteiger partial charge on any atom is 0.412 e. The second-order valence-electron chi connectivity index (χ2n) is 17.0. The third-order valence-electron chi connectivity index (χ3n) is 11.7. The van der Waals surface area contributed by atoms with Crippen molar-refractivity contribution in [3.05, 3.63) is 34.4 Å². The molecule has 2 aromatic carbocycles. The SMILES string of the molecule is CC(OC1CCCCO1)[C@H]1COc2c(Cl)c(-c3ccc(F)c4sc(NC(=O)OC(C)(C)C)c(C#N)c34)c(F)c3nc(OC[C@@]45CCCN4C[C@H](F)C5)nc(c23)N1CCC(F)F. The Morgan fingerprint density at radius 1 is 1.20 bits per heavy atom. The standard InChI is InChI=1S/C42H46ClF5N6O6S/c1-21(59-28-8-5-6-15-56-28)26-19-57-35-31-34(50-39(51-37(31)54(26)14-11-27(46)47)58-20-42-12-7-13-53(42)18-22(44)16-42)33(48)30(32(35)43)23-9-10-25(45)36-29(23)24(17-49)38(61-36)52-40(55)60-41(2,3)4/h9-10,21-22,26-28H,5-8,11-16,18-20H2,1-4H3,(H,52,55)/t21?,22-,26-,28?,42+/m1/s1. The van der Waals surface area contributed by atoms with E-state index in [-0.39, 0.29) is 98.0 Å². The highest BCUT2D eigenvalue weighted by Crippen LogP contribution is 2.52. The molecule has 2 unspecified atom stereocenters. The molecule has 1 amide bonds. The molecule has 4 aliphatic heterocycles. The van der Waals surface area contributed by atoms with Crippen LogP contribution in [0.3, 0.4) is 0 Å². The van der Waals surface area contributed by atoms with Gasteiger partial charge in [0.25, 0.3) is 0 Å². The number of hydrogen-bond donors (Lipinski definition) is 1. The Bertz CT molecular complexity index is 2370. The van der Waals surface area contributed by atoms with Crippen molar-refractivity contribution in [1.29, 1.82) is 5.26 Å². The van der Waals surface area contributed by atoms with Crippen LogP contribution in [0.25, 0.3) is 32.1 Å². The van der Waals surface area contributed by atoms with Gasteiger partial charge >= 0.3 is 12.1 Å². The van der Waals surface area contributed by atoms with Crippen molar-refractivity contribution in [2.24, 2.45) is 0 Å². The quantitative estimate of drug-likeness (QED) is 0.144. The number of thiophene rings is 1. The number of nitriles is 1. The first-order valence-corrected chi connectivity index (χ1v) is 21.6. The summed E-state index contributed by atoms with van der Waals surface area (Å²) in [7, 11) is 0. The Labute approximate surface area is 358 Å². The van der Waals surface area contributed by atoms with Gasteiger partial charge in [-0.05, 0) is 78.0 Å². The van der Waals surface area contributed by atoms with Crippen molar-refractivity contribution in [3.8, 4) is 29.0 Å². The number of aromatic nitrogens is 2. The van der Waals surface area contributed by atoms with Crippen LogP contribution in [0, 0.1) is 23.0 Å². The zero-order valence-corrected chi connectivity index (χ0v) is 35.7. The molecular weight excluding hydrogens is 847 g/mol.